The number of nitrogens with one attached hydrogen (secondary N) is 1. The number of hydrogen-bond acceptors (Lipinski definition) is 3. The van der Waals surface area contributed by atoms with E-state index in [1.54, 1.807) is 6.20 Å². The van der Waals surface area contributed by atoms with E-state index in [-0.39, 0.29) is 0 Å². The van der Waals surface area contributed by atoms with Gasteiger partial charge in [-0.25, -0.2) is 4.98 Å². The largest absolute Gasteiger partial charge is 0.398 e. The fourth-order valence-corrected chi connectivity index (χ4v) is 0.938. The van der Waals surface area contributed by atoms with Gasteiger partial charge >= 0.3 is 0 Å². The van der Waals surface area contributed by atoms with E-state index in [9.17, 15) is 0 Å². The van der Waals surface area contributed by atoms with Gasteiger partial charge in [-0.3, -0.25) is 0 Å². The lowest BCUT2D eigenvalue weighted by Gasteiger charge is -2.05. The van der Waals surface area contributed by atoms with Crippen molar-refractivity contribution >= 4 is 11.5 Å². The zero-order chi connectivity index (χ0) is 9.68. The molecule has 0 amide bonds. The monoisotopic (exact) mass is 177 g/mol. The zero-order valence-electron chi connectivity index (χ0n) is 7.88. The lowest BCUT2D eigenvalue weighted by atomic mass is 10.2. The molecule has 0 aromatic carbocycles. The molecule has 0 aliphatic carbocycles. The van der Waals surface area contributed by atoms with Gasteiger partial charge in [0.25, 0.3) is 0 Å². The third-order valence-corrected chi connectivity index (χ3v) is 1.80. The van der Waals surface area contributed by atoms with Crippen molar-refractivity contribution < 1.29 is 0 Å². The number of aryl methyl sites for hydroxylation is 1. The molecule has 0 aliphatic rings. The summed E-state index contributed by atoms with van der Waals surface area (Å²) in [6, 6.07) is 1.85. The van der Waals surface area contributed by atoms with Crippen LogP contribution in [0.5, 0.6) is 0 Å². The van der Waals surface area contributed by atoms with Crippen LogP contribution >= 0.6 is 0 Å². The van der Waals surface area contributed by atoms with Gasteiger partial charge in [0.1, 0.15) is 5.82 Å². The van der Waals surface area contributed by atoms with E-state index in [0.717, 1.165) is 30.0 Å². The van der Waals surface area contributed by atoms with Gasteiger partial charge in [-0.15, -0.1) is 6.58 Å². The average Bonchev–Trinajstić information content (AvgIpc) is 2.12. The van der Waals surface area contributed by atoms with Crippen LogP contribution in [0.4, 0.5) is 11.5 Å². The smallest absolute Gasteiger partial charge is 0.127 e. The molecule has 0 unspecified atom stereocenters. The van der Waals surface area contributed by atoms with Gasteiger partial charge in [-0.2, -0.15) is 0 Å². The number of nitrogens with two attached hydrogens (primary N) is 1. The Morgan fingerprint density at radius 2 is 2.46 bits per heavy atom. The summed E-state index contributed by atoms with van der Waals surface area (Å²) < 4.78 is 0. The molecule has 13 heavy (non-hydrogen) atoms. The lowest BCUT2D eigenvalue weighted by Crippen LogP contribution is -2.03. The van der Waals surface area contributed by atoms with Crippen LogP contribution in [0.25, 0.3) is 0 Å². The Morgan fingerprint density at radius 3 is 3.08 bits per heavy atom. The second kappa shape index (κ2) is 4.50. The fourth-order valence-electron chi connectivity index (χ4n) is 0.938. The van der Waals surface area contributed by atoms with E-state index in [2.05, 4.69) is 16.9 Å². The third-order valence-electron chi connectivity index (χ3n) is 1.80. The van der Waals surface area contributed by atoms with Crippen molar-refractivity contribution in [3.8, 4) is 0 Å². The predicted molar refractivity (Wildman–Crippen MR) is 56.7 cm³/mol. The fraction of sp³-hybridized carbons (Fsp3) is 0.300. The van der Waals surface area contributed by atoms with E-state index >= 15 is 0 Å². The number of rotatable bonds is 4. The average molecular weight is 177 g/mol. The Bertz CT molecular complexity index is 294. The molecule has 1 aromatic heterocycles. The lowest BCUT2D eigenvalue weighted by molar-refractivity contribution is 1.05. The van der Waals surface area contributed by atoms with E-state index in [1.165, 1.54) is 0 Å². The van der Waals surface area contributed by atoms with Gasteiger partial charge in [-0.05, 0) is 18.9 Å². The maximum Gasteiger partial charge on any atom is 0.127 e. The first-order valence-electron chi connectivity index (χ1n) is 4.31. The van der Waals surface area contributed by atoms with Crippen molar-refractivity contribution in [1.29, 1.82) is 0 Å². The number of anilines is 2. The standard InChI is InChI=1S/C10H15N3/c1-3-4-5-12-10-6-9(11)8(2)7-13-10/h3,6-7H,1,4-5H2,2H3,(H3,11,12,13). The molecule has 0 saturated heterocycles. The van der Waals surface area contributed by atoms with Gasteiger partial charge in [0.05, 0.1) is 0 Å². The molecular weight excluding hydrogens is 162 g/mol. The summed E-state index contributed by atoms with van der Waals surface area (Å²) in [7, 11) is 0. The number of pyridine rings is 1. The van der Waals surface area contributed by atoms with Crippen LogP contribution in [0, 0.1) is 6.92 Å². The highest BCUT2D eigenvalue weighted by Gasteiger charge is 1.96. The third kappa shape index (κ3) is 2.78. The van der Waals surface area contributed by atoms with Crippen molar-refractivity contribution in [3.05, 3.63) is 30.5 Å². The molecule has 0 bridgehead atoms. The first kappa shape index (κ1) is 9.58. The first-order valence-corrected chi connectivity index (χ1v) is 4.31. The molecule has 0 atom stereocenters. The maximum absolute atomic E-state index is 5.72. The van der Waals surface area contributed by atoms with Crippen LogP contribution in [0.1, 0.15) is 12.0 Å². The molecule has 70 valence electrons. The van der Waals surface area contributed by atoms with Gasteiger partial charge in [0.15, 0.2) is 0 Å². The normalized spacial score (nSPS) is 9.62. The van der Waals surface area contributed by atoms with Crippen LogP contribution in [-0.2, 0) is 0 Å². The zero-order valence-corrected chi connectivity index (χ0v) is 7.88. The molecule has 1 heterocycles. The topological polar surface area (TPSA) is 50.9 Å². The molecule has 0 fully saturated rings. The van der Waals surface area contributed by atoms with Crippen molar-refractivity contribution in [2.45, 2.75) is 13.3 Å². The summed E-state index contributed by atoms with van der Waals surface area (Å²) in [5, 5.41) is 3.15. The summed E-state index contributed by atoms with van der Waals surface area (Å²) in [6.45, 7) is 6.42. The van der Waals surface area contributed by atoms with Gasteiger partial charge in [0, 0.05) is 24.5 Å². The van der Waals surface area contributed by atoms with Crippen LogP contribution < -0.4 is 11.1 Å². The second-order valence-electron chi connectivity index (χ2n) is 2.93. The maximum atomic E-state index is 5.72. The molecule has 3 nitrogen and oxygen atoms in total. The second-order valence-corrected chi connectivity index (χ2v) is 2.93. The Kier molecular flexibility index (Phi) is 3.31. The molecule has 1 rings (SSSR count). The van der Waals surface area contributed by atoms with E-state index < -0.39 is 0 Å². The van der Waals surface area contributed by atoms with Crippen molar-refractivity contribution in [2.75, 3.05) is 17.6 Å². The Labute approximate surface area is 78.7 Å². The van der Waals surface area contributed by atoms with Crippen LogP contribution in [-0.4, -0.2) is 11.5 Å². The molecule has 3 N–H and O–H groups in total. The quantitative estimate of drug-likeness (QED) is 0.546. The number of aromatic nitrogens is 1. The van der Waals surface area contributed by atoms with Crippen molar-refractivity contribution in [3.63, 3.8) is 0 Å². The Balaban J connectivity index is 2.57. The highest BCUT2D eigenvalue weighted by molar-refractivity contribution is 5.53. The van der Waals surface area contributed by atoms with Gasteiger partial charge < -0.3 is 11.1 Å². The van der Waals surface area contributed by atoms with E-state index in [1.807, 2.05) is 19.1 Å². The SMILES string of the molecule is C=CCCNc1cc(N)c(C)cn1. The molecule has 0 radical (unpaired) electrons. The highest BCUT2D eigenvalue weighted by Crippen LogP contribution is 2.13. The molecule has 1 aromatic rings. The predicted octanol–water partition coefficient (Wildman–Crippen LogP) is 1.96. The molecule has 0 saturated carbocycles. The first-order chi connectivity index (χ1) is 6.24. The van der Waals surface area contributed by atoms with Crippen molar-refractivity contribution in [2.24, 2.45) is 0 Å². The summed E-state index contributed by atoms with van der Waals surface area (Å²) in [6.07, 6.45) is 4.56. The molecule has 0 aliphatic heterocycles. The van der Waals surface area contributed by atoms with Crippen LogP contribution in [0.3, 0.4) is 0 Å². The van der Waals surface area contributed by atoms with E-state index in [4.69, 9.17) is 5.73 Å². The Hall–Kier alpha value is -1.51. The van der Waals surface area contributed by atoms with Crippen LogP contribution in [0.15, 0.2) is 24.9 Å². The minimum absolute atomic E-state index is 0.774. The molecule has 3 heteroatoms. The number of hydrogen-bond donors (Lipinski definition) is 2. The number of nitrogen functional groups attached to an aromatic ring is 1. The van der Waals surface area contributed by atoms with Gasteiger partial charge in [-0.1, -0.05) is 6.08 Å². The van der Waals surface area contributed by atoms with Crippen LogP contribution in [0.2, 0.25) is 0 Å². The summed E-state index contributed by atoms with van der Waals surface area (Å²) in [5.41, 5.74) is 7.51. The molecule has 0 spiro atoms. The van der Waals surface area contributed by atoms with E-state index in [0.29, 0.717) is 0 Å². The van der Waals surface area contributed by atoms with Gasteiger partial charge in [0.2, 0.25) is 0 Å². The minimum atomic E-state index is 0.774. The molecular formula is C10H15N3. The minimum Gasteiger partial charge on any atom is -0.398 e. The van der Waals surface area contributed by atoms with Crippen molar-refractivity contribution in [1.82, 2.24) is 4.98 Å². The summed E-state index contributed by atoms with van der Waals surface area (Å²) >= 11 is 0. The number of nitrogens with zero attached hydrogens (tertiary/aromatic N) is 1. The Morgan fingerprint density at radius 1 is 1.69 bits per heavy atom. The summed E-state index contributed by atoms with van der Waals surface area (Å²) in [4.78, 5) is 4.19. The summed E-state index contributed by atoms with van der Waals surface area (Å²) in [5.74, 6) is 0.824. The highest BCUT2D eigenvalue weighted by atomic mass is 15.0.